The molecule has 2 fully saturated rings. The molecule has 1 saturated heterocycles. The van der Waals surface area contributed by atoms with Crippen LogP contribution in [0.3, 0.4) is 0 Å². The topological polar surface area (TPSA) is 75.4 Å². The van der Waals surface area contributed by atoms with Crippen LogP contribution in [0.1, 0.15) is 38.5 Å². The lowest BCUT2D eigenvalue weighted by molar-refractivity contribution is 0.0386. The molecule has 3 atom stereocenters. The Kier molecular flexibility index (Phi) is 4.07. The zero-order valence-electron chi connectivity index (χ0n) is 12.4. The molecule has 3 rings (SSSR count). The van der Waals surface area contributed by atoms with Gasteiger partial charge in [-0.3, -0.25) is 4.68 Å². The third kappa shape index (κ3) is 2.74. The predicted molar refractivity (Wildman–Crippen MR) is 78.1 cm³/mol. The van der Waals surface area contributed by atoms with Gasteiger partial charge in [0.15, 0.2) is 0 Å². The van der Waals surface area contributed by atoms with Crippen LogP contribution in [0.5, 0.6) is 0 Å². The first-order valence-corrected chi connectivity index (χ1v) is 9.13. The fourth-order valence-corrected chi connectivity index (χ4v) is 5.47. The van der Waals surface area contributed by atoms with Crippen molar-refractivity contribution in [1.29, 1.82) is 0 Å². The number of hydrogen-bond acceptors (Lipinski definition) is 4. The molecular formula is C14H23N3O3S. The van der Waals surface area contributed by atoms with Crippen molar-refractivity contribution in [3.63, 3.8) is 0 Å². The molecule has 1 aliphatic carbocycles. The summed E-state index contributed by atoms with van der Waals surface area (Å²) in [5.41, 5.74) is 0. The Bertz CT molecular complexity index is 598. The summed E-state index contributed by atoms with van der Waals surface area (Å²) in [7, 11) is -1.79. The van der Waals surface area contributed by atoms with E-state index in [-0.39, 0.29) is 23.0 Å². The van der Waals surface area contributed by atoms with E-state index in [1.807, 2.05) is 0 Å². The molecule has 1 N–H and O–H groups in total. The number of sulfonamides is 1. The first kappa shape index (κ1) is 15.0. The van der Waals surface area contributed by atoms with Crippen LogP contribution in [0.4, 0.5) is 0 Å². The summed E-state index contributed by atoms with van der Waals surface area (Å²) in [6, 6.07) is -0.0643. The van der Waals surface area contributed by atoms with E-state index in [0.29, 0.717) is 6.54 Å². The number of rotatable bonds is 3. The lowest BCUT2D eigenvalue weighted by atomic mass is 9.81. The number of aromatic nitrogens is 2. The Morgan fingerprint density at radius 2 is 2.00 bits per heavy atom. The highest BCUT2D eigenvalue weighted by molar-refractivity contribution is 7.89. The van der Waals surface area contributed by atoms with Crippen molar-refractivity contribution in [2.24, 2.45) is 13.0 Å². The summed E-state index contributed by atoms with van der Waals surface area (Å²) in [4.78, 5) is 0.252. The van der Waals surface area contributed by atoms with E-state index in [0.717, 1.165) is 38.5 Å². The van der Waals surface area contributed by atoms with Gasteiger partial charge >= 0.3 is 0 Å². The number of aryl methyl sites for hydroxylation is 1. The zero-order chi connectivity index (χ0) is 15.0. The molecule has 0 unspecified atom stereocenters. The van der Waals surface area contributed by atoms with Gasteiger partial charge in [-0.15, -0.1) is 0 Å². The van der Waals surface area contributed by atoms with E-state index >= 15 is 0 Å². The second kappa shape index (κ2) is 5.70. The average Bonchev–Trinajstić information content (AvgIpc) is 3.08. The Labute approximate surface area is 125 Å². The Morgan fingerprint density at radius 3 is 2.67 bits per heavy atom. The standard InChI is InChI=1S/C14H23N3O3S/c1-16-10-11(9-15-16)21(19,20)17-8-4-6-13(17)12-5-2-3-7-14(12)18/h9-10,12-14,18H,2-8H2,1H3/t12-,13-,14+/m1/s1. The van der Waals surface area contributed by atoms with Crippen LogP contribution in [0, 0.1) is 5.92 Å². The van der Waals surface area contributed by atoms with Crippen LogP contribution in [-0.4, -0.2) is 46.3 Å². The molecule has 1 saturated carbocycles. The SMILES string of the molecule is Cn1cc(S(=O)(=O)N2CCC[C@@H]2[C@H]2CCCC[C@@H]2O)cn1. The number of hydrogen-bond donors (Lipinski definition) is 1. The number of aliphatic hydroxyl groups is 1. The van der Waals surface area contributed by atoms with Crippen molar-refractivity contribution in [3.8, 4) is 0 Å². The van der Waals surface area contributed by atoms with Gasteiger partial charge in [0.25, 0.3) is 0 Å². The largest absolute Gasteiger partial charge is 0.393 e. The highest BCUT2D eigenvalue weighted by Gasteiger charge is 2.42. The Balaban J connectivity index is 1.86. The summed E-state index contributed by atoms with van der Waals surface area (Å²) in [6.45, 7) is 0.547. The lowest BCUT2D eigenvalue weighted by Gasteiger charge is -2.36. The van der Waals surface area contributed by atoms with Crippen LogP contribution >= 0.6 is 0 Å². The maximum Gasteiger partial charge on any atom is 0.246 e. The van der Waals surface area contributed by atoms with Gasteiger partial charge in [-0.25, -0.2) is 8.42 Å². The van der Waals surface area contributed by atoms with Crippen molar-refractivity contribution >= 4 is 10.0 Å². The zero-order valence-corrected chi connectivity index (χ0v) is 13.2. The van der Waals surface area contributed by atoms with Crippen molar-refractivity contribution in [1.82, 2.24) is 14.1 Å². The van der Waals surface area contributed by atoms with Crippen molar-refractivity contribution < 1.29 is 13.5 Å². The molecule has 0 radical (unpaired) electrons. The fourth-order valence-electron chi connectivity index (χ4n) is 3.75. The van der Waals surface area contributed by atoms with E-state index in [9.17, 15) is 13.5 Å². The van der Waals surface area contributed by atoms with Crippen LogP contribution in [-0.2, 0) is 17.1 Å². The number of aliphatic hydroxyl groups excluding tert-OH is 1. The van der Waals surface area contributed by atoms with Gasteiger partial charge in [0.2, 0.25) is 10.0 Å². The van der Waals surface area contributed by atoms with Gasteiger partial charge in [-0.2, -0.15) is 9.40 Å². The highest BCUT2D eigenvalue weighted by atomic mass is 32.2. The molecule has 0 bridgehead atoms. The molecule has 2 aliphatic rings. The molecule has 0 aromatic carbocycles. The van der Waals surface area contributed by atoms with Crippen LogP contribution in [0.25, 0.3) is 0 Å². The monoisotopic (exact) mass is 313 g/mol. The molecule has 0 amide bonds. The Morgan fingerprint density at radius 1 is 1.24 bits per heavy atom. The lowest BCUT2D eigenvalue weighted by Crippen LogP contribution is -2.45. The molecule has 1 aliphatic heterocycles. The van der Waals surface area contributed by atoms with Crippen molar-refractivity contribution in [2.75, 3.05) is 6.54 Å². The molecule has 0 spiro atoms. The molecule has 2 heterocycles. The molecule has 1 aromatic rings. The third-order valence-corrected chi connectivity index (χ3v) is 6.69. The van der Waals surface area contributed by atoms with E-state index in [1.165, 1.54) is 10.9 Å². The highest BCUT2D eigenvalue weighted by Crippen LogP contribution is 2.37. The minimum Gasteiger partial charge on any atom is -0.393 e. The summed E-state index contributed by atoms with van der Waals surface area (Å²) < 4.78 is 28.7. The molecule has 6 nitrogen and oxygen atoms in total. The van der Waals surface area contributed by atoms with Crippen LogP contribution < -0.4 is 0 Å². The Hall–Kier alpha value is -0.920. The average molecular weight is 313 g/mol. The van der Waals surface area contributed by atoms with E-state index < -0.39 is 10.0 Å². The predicted octanol–water partition coefficient (Wildman–Crippen LogP) is 1.12. The van der Waals surface area contributed by atoms with Gasteiger partial charge in [0.05, 0.1) is 12.3 Å². The van der Waals surface area contributed by atoms with Crippen molar-refractivity contribution in [2.45, 2.75) is 55.6 Å². The summed E-state index contributed by atoms with van der Waals surface area (Å²) >= 11 is 0. The van der Waals surface area contributed by atoms with E-state index in [1.54, 1.807) is 17.5 Å². The van der Waals surface area contributed by atoms with Gasteiger partial charge in [-0.1, -0.05) is 12.8 Å². The first-order valence-electron chi connectivity index (χ1n) is 7.69. The van der Waals surface area contributed by atoms with Gasteiger partial charge in [0.1, 0.15) is 4.90 Å². The molecular weight excluding hydrogens is 290 g/mol. The molecule has 1 aromatic heterocycles. The minimum absolute atomic E-state index is 0.0643. The second-order valence-electron chi connectivity index (χ2n) is 6.19. The van der Waals surface area contributed by atoms with Crippen LogP contribution in [0.2, 0.25) is 0 Å². The van der Waals surface area contributed by atoms with E-state index in [2.05, 4.69) is 5.10 Å². The van der Waals surface area contributed by atoms with Crippen LogP contribution in [0.15, 0.2) is 17.3 Å². The van der Waals surface area contributed by atoms with Gasteiger partial charge in [0, 0.05) is 31.7 Å². The van der Waals surface area contributed by atoms with Gasteiger partial charge < -0.3 is 5.11 Å². The second-order valence-corrected chi connectivity index (χ2v) is 8.08. The quantitative estimate of drug-likeness (QED) is 0.907. The maximum absolute atomic E-state index is 12.8. The molecule has 21 heavy (non-hydrogen) atoms. The normalized spacial score (nSPS) is 31.6. The maximum atomic E-state index is 12.8. The van der Waals surface area contributed by atoms with Gasteiger partial charge in [-0.05, 0) is 25.7 Å². The fraction of sp³-hybridized carbons (Fsp3) is 0.786. The minimum atomic E-state index is -3.50. The summed E-state index contributed by atoms with van der Waals surface area (Å²) in [6.07, 6.45) is 8.14. The molecule has 7 heteroatoms. The first-order chi connectivity index (χ1) is 10.00. The molecule has 118 valence electrons. The third-order valence-electron chi connectivity index (χ3n) is 4.81. The summed E-state index contributed by atoms with van der Waals surface area (Å²) in [5, 5.41) is 14.2. The number of nitrogens with zero attached hydrogens (tertiary/aromatic N) is 3. The van der Waals surface area contributed by atoms with Crippen molar-refractivity contribution in [3.05, 3.63) is 12.4 Å². The summed E-state index contributed by atoms with van der Waals surface area (Å²) in [5.74, 6) is 0.0766. The smallest absolute Gasteiger partial charge is 0.246 e. The van der Waals surface area contributed by atoms with E-state index in [4.69, 9.17) is 0 Å².